The maximum Gasteiger partial charge on any atom is 0.255 e. The van der Waals surface area contributed by atoms with Gasteiger partial charge in [-0.1, -0.05) is 12.1 Å². The molecule has 0 atom stereocenters. The molecule has 0 amide bonds. The standard InChI is InChI=1S/C23H21N5O2S/c1-30-20-7-3-2-6-17(20)23-25-12-16(31-23)13-28-10-8-19-18(14-28)22(29)27-21(26-19)15-5-4-9-24-11-15/h2-7,9,11-12H,8,10,13-14H2,1H3,(H,26,27,29). The summed E-state index contributed by atoms with van der Waals surface area (Å²) in [7, 11) is 1.67. The van der Waals surface area contributed by atoms with Gasteiger partial charge < -0.3 is 9.72 Å². The van der Waals surface area contributed by atoms with Gasteiger partial charge in [0.2, 0.25) is 0 Å². The molecule has 5 rings (SSSR count). The highest BCUT2D eigenvalue weighted by molar-refractivity contribution is 7.15. The number of para-hydroxylation sites is 1. The Morgan fingerprint density at radius 1 is 1.19 bits per heavy atom. The number of methoxy groups -OCH3 is 1. The molecular formula is C23H21N5O2S. The van der Waals surface area contributed by atoms with Crippen LogP contribution in [0.3, 0.4) is 0 Å². The average Bonchev–Trinajstić information content (AvgIpc) is 3.28. The molecule has 8 heteroatoms. The number of aromatic nitrogens is 4. The Morgan fingerprint density at radius 3 is 2.94 bits per heavy atom. The van der Waals surface area contributed by atoms with Gasteiger partial charge in [0.25, 0.3) is 5.56 Å². The quantitative estimate of drug-likeness (QED) is 0.521. The first kappa shape index (κ1) is 19.6. The van der Waals surface area contributed by atoms with Gasteiger partial charge in [0.1, 0.15) is 16.6 Å². The first-order chi connectivity index (χ1) is 15.2. The van der Waals surface area contributed by atoms with E-state index in [9.17, 15) is 4.79 Å². The lowest BCUT2D eigenvalue weighted by molar-refractivity contribution is 0.244. The number of pyridine rings is 1. The maximum atomic E-state index is 12.7. The number of nitrogens with one attached hydrogen (secondary N) is 1. The van der Waals surface area contributed by atoms with E-state index in [1.807, 2.05) is 42.6 Å². The van der Waals surface area contributed by atoms with Crippen LogP contribution in [0, 0.1) is 0 Å². The van der Waals surface area contributed by atoms with Crippen molar-refractivity contribution in [3.05, 3.63) is 81.5 Å². The second-order valence-corrected chi connectivity index (χ2v) is 8.49. The summed E-state index contributed by atoms with van der Waals surface area (Å²) in [5, 5.41) is 0.936. The maximum absolute atomic E-state index is 12.7. The number of fused-ring (bicyclic) bond motifs is 1. The molecule has 4 aromatic rings. The molecule has 1 N–H and O–H groups in total. The lowest BCUT2D eigenvalue weighted by Crippen LogP contribution is -2.35. The van der Waals surface area contributed by atoms with Crippen molar-refractivity contribution in [3.8, 4) is 27.7 Å². The van der Waals surface area contributed by atoms with Crippen LogP contribution in [0.15, 0.2) is 59.8 Å². The molecule has 0 saturated carbocycles. The molecule has 4 heterocycles. The van der Waals surface area contributed by atoms with E-state index < -0.39 is 0 Å². The van der Waals surface area contributed by atoms with Crippen LogP contribution in [0.5, 0.6) is 5.75 Å². The molecule has 0 unspecified atom stereocenters. The van der Waals surface area contributed by atoms with Crippen LogP contribution in [0.25, 0.3) is 22.0 Å². The van der Waals surface area contributed by atoms with E-state index in [0.717, 1.165) is 57.5 Å². The Kier molecular flexibility index (Phi) is 5.31. The number of ether oxygens (including phenoxy) is 1. The van der Waals surface area contributed by atoms with Gasteiger partial charge >= 0.3 is 0 Å². The molecule has 3 aromatic heterocycles. The Balaban J connectivity index is 1.34. The van der Waals surface area contributed by atoms with Gasteiger partial charge in [-0.3, -0.25) is 14.7 Å². The summed E-state index contributed by atoms with van der Waals surface area (Å²) in [4.78, 5) is 32.5. The Bertz CT molecular complexity index is 1270. The summed E-state index contributed by atoms with van der Waals surface area (Å²) in [5.41, 5.74) is 3.35. The predicted molar refractivity (Wildman–Crippen MR) is 120 cm³/mol. The van der Waals surface area contributed by atoms with E-state index in [1.165, 1.54) is 0 Å². The molecule has 0 aliphatic carbocycles. The van der Waals surface area contributed by atoms with E-state index in [1.54, 1.807) is 30.8 Å². The molecule has 1 aliphatic rings. The van der Waals surface area contributed by atoms with E-state index in [-0.39, 0.29) is 5.56 Å². The minimum absolute atomic E-state index is 0.0763. The van der Waals surface area contributed by atoms with E-state index in [0.29, 0.717) is 12.4 Å². The summed E-state index contributed by atoms with van der Waals surface area (Å²) in [6.45, 7) is 2.17. The van der Waals surface area contributed by atoms with Crippen molar-refractivity contribution >= 4 is 11.3 Å². The summed E-state index contributed by atoms with van der Waals surface area (Å²) >= 11 is 1.65. The van der Waals surface area contributed by atoms with Crippen molar-refractivity contribution in [1.29, 1.82) is 0 Å². The van der Waals surface area contributed by atoms with Crippen molar-refractivity contribution in [3.63, 3.8) is 0 Å². The molecule has 1 aliphatic heterocycles. The van der Waals surface area contributed by atoms with Crippen molar-refractivity contribution in [2.24, 2.45) is 0 Å². The highest BCUT2D eigenvalue weighted by atomic mass is 32.1. The van der Waals surface area contributed by atoms with Gasteiger partial charge in [-0.15, -0.1) is 11.3 Å². The third kappa shape index (κ3) is 3.99. The number of thiazole rings is 1. The van der Waals surface area contributed by atoms with Crippen LogP contribution in [-0.4, -0.2) is 38.5 Å². The zero-order chi connectivity index (χ0) is 21.2. The van der Waals surface area contributed by atoms with Crippen LogP contribution in [0.2, 0.25) is 0 Å². The number of rotatable bonds is 5. The first-order valence-electron chi connectivity index (χ1n) is 10.0. The first-order valence-corrected chi connectivity index (χ1v) is 10.9. The lowest BCUT2D eigenvalue weighted by atomic mass is 10.1. The van der Waals surface area contributed by atoms with Crippen molar-refractivity contribution in [1.82, 2.24) is 24.8 Å². The number of hydrogen-bond acceptors (Lipinski definition) is 7. The van der Waals surface area contributed by atoms with Crippen molar-refractivity contribution in [2.45, 2.75) is 19.5 Å². The fourth-order valence-corrected chi connectivity index (χ4v) is 4.79. The second kappa shape index (κ2) is 8.41. The van der Waals surface area contributed by atoms with Crippen LogP contribution >= 0.6 is 11.3 Å². The summed E-state index contributed by atoms with van der Waals surface area (Å²) < 4.78 is 5.46. The number of hydrogen-bond donors (Lipinski definition) is 1. The van der Waals surface area contributed by atoms with Gasteiger partial charge in [-0.2, -0.15) is 0 Å². The number of benzene rings is 1. The van der Waals surface area contributed by atoms with Gasteiger partial charge in [0.05, 0.1) is 23.9 Å². The topological polar surface area (TPSA) is 84.0 Å². The van der Waals surface area contributed by atoms with Gasteiger partial charge in [-0.05, 0) is 24.3 Å². The van der Waals surface area contributed by atoms with Gasteiger partial charge in [0.15, 0.2) is 0 Å². The summed E-state index contributed by atoms with van der Waals surface area (Å²) in [5.74, 6) is 1.39. The number of nitrogens with zero attached hydrogens (tertiary/aromatic N) is 4. The number of aromatic amines is 1. The summed E-state index contributed by atoms with van der Waals surface area (Å²) in [6.07, 6.45) is 6.07. The predicted octanol–water partition coefficient (Wildman–Crippen LogP) is 3.52. The molecular weight excluding hydrogens is 410 g/mol. The van der Waals surface area contributed by atoms with Crippen LogP contribution in [0.4, 0.5) is 0 Å². The van der Waals surface area contributed by atoms with Crippen LogP contribution in [0.1, 0.15) is 16.1 Å². The van der Waals surface area contributed by atoms with E-state index in [4.69, 9.17) is 9.72 Å². The van der Waals surface area contributed by atoms with Crippen LogP contribution < -0.4 is 10.3 Å². The molecule has 0 fully saturated rings. The lowest BCUT2D eigenvalue weighted by Gasteiger charge is -2.27. The smallest absolute Gasteiger partial charge is 0.255 e. The third-order valence-electron chi connectivity index (χ3n) is 5.35. The molecule has 0 saturated heterocycles. The molecule has 31 heavy (non-hydrogen) atoms. The van der Waals surface area contributed by atoms with E-state index in [2.05, 4.69) is 19.9 Å². The van der Waals surface area contributed by atoms with Gasteiger partial charge in [-0.25, -0.2) is 9.97 Å². The fourth-order valence-electron chi connectivity index (χ4n) is 3.80. The Hall–Kier alpha value is -3.36. The Labute approximate surface area is 183 Å². The SMILES string of the molecule is COc1ccccc1-c1ncc(CN2CCc3nc(-c4cccnc4)[nH]c(=O)c3C2)s1. The molecule has 156 valence electrons. The van der Waals surface area contributed by atoms with Crippen LogP contribution in [-0.2, 0) is 19.5 Å². The second-order valence-electron chi connectivity index (χ2n) is 7.37. The molecule has 7 nitrogen and oxygen atoms in total. The largest absolute Gasteiger partial charge is 0.496 e. The minimum atomic E-state index is -0.0763. The monoisotopic (exact) mass is 431 g/mol. The molecule has 0 radical (unpaired) electrons. The molecule has 1 aromatic carbocycles. The highest BCUT2D eigenvalue weighted by Crippen LogP contribution is 2.33. The average molecular weight is 432 g/mol. The van der Waals surface area contributed by atoms with E-state index >= 15 is 0 Å². The normalized spacial score (nSPS) is 13.7. The zero-order valence-corrected chi connectivity index (χ0v) is 17.9. The summed E-state index contributed by atoms with van der Waals surface area (Å²) in [6, 6.07) is 11.6. The molecule has 0 spiro atoms. The highest BCUT2D eigenvalue weighted by Gasteiger charge is 2.22. The number of H-pyrrole nitrogens is 1. The third-order valence-corrected chi connectivity index (χ3v) is 6.37. The zero-order valence-electron chi connectivity index (χ0n) is 17.0. The molecule has 0 bridgehead atoms. The van der Waals surface area contributed by atoms with Crippen molar-refractivity contribution in [2.75, 3.05) is 13.7 Å². The van der Waals surface area contributed by atoms with Gasteiger partial charge in [0, 0.05) is 55.1 Å². The minimum Gasteiger partial charge on any atom is -0.496 e. The Morgan fingerprint density at radius 2 is 2.10 bits per heavy atom. The van der Waals surface area contributed by atoms with Crippen molar-refractivity contribution < 1.29 is 4.74 Å². The fraction of sp³-hybridized carbons (Fsp3) is 0.217.